The van der Waals surface area contributed by atoms with E-state index in [0.29, 0.717) is 0 Å². The molecule has 0 radical (unpaired) electrons. The second-order valence-corrected chi connectivity index (χ2v) is 5.91. The number of aromatic nitrogens is 3. The number of hydrogen-bond donors (Lipinski definition) is 1. The first kappa shape index (κ1) is 12.4. The Kier molecular flexibility index (Phi) is 3.73. The van der Waals surface area contributed by atoms with Crippen LogP contribution < -0.4 is 5.32 Å². The van der Waals surface area contributed by atoms with Gasteiger partial charge in [0.05, 0.1) is 5.69 Å². The van der Waals surface area contributed by atoms with Gasteiger partial charge in [-0.2, -0.15) is 5.10 Å². The zero-order valence-corrected chi connectivity index (χ0v) is 12.1. The molecule has 4 nitrogen and oxygen atoms in total. The predicted octanol–water partition coefficient (Wildman–Crippen LogP) is 2.83. The van der Waals surface area contributed by atoms with E-state index in [0.717, 1.165) is 27.3 Å². The standard InChI is InChI=1S/C11H16N4S2/c1-7-5-16-11(13-7)17-6-9-8(2)14-15(4)10(9)12-3/h5,12H,6H2,1-4H3. The van der Waals surface area contributed by atoms with E-state index < -0.39 is 0 Å². The number of nitrogens with zero attached hydrogens (tertiary/aromatic N) is 3. The van der Waals surface area contributed by atoms with Gasteiger partial charge in [0.2, 0.25) is 0 Å². The van der Waals surface area contributed by atoms with Crippen LogP contribution in [-0.4, -0.2) is 21.8 Å². The molecule has 0 aromatic carbocycles. The van der Waals surface area contributed by atoms with E-state index in [1.165, 1.54) is 5.56 Å². The summed E-state index contributed by atoms with van der Waals surface area (Å²) in [5, 5.41) is 9.70. The fraction of sp³-hybridized carbons (Fsp3) is 0.455. The van der Waals surface area contributed by atoms with Gasteiger partial charge in [-0.15, -0.1) is 11.3 Å². The minimum Gasteiger partial charge on any atom is -0.373 e. The summed E-state index contributed by atoms with van der Waals surface area (Å²) < 4.78 is 3.01. The van der Waals surface area contributed by atoms with Crippen LogP contribution in [0.3, 0.4) is 0 Å². The molecule has 0 aliphatic heterocycles. The Bertz CT molecular complexity index is 516. The lowest BCUT2D eigenvalue weighted by Gasteiger charge is -2.04. The molecule has 0 saturated carbocycles. The van der Waals surface area contributed by atoms with Crippen LogP contribution >= 0.6 is 23.1 Å². The van der Waals surface area contributed by atoms with Crippen molar-refractivity contribution in [1.29, 1.82) is 0 Å². The molecular weight excluding hydrogens is 252 g/mol. The second kappa shape index (κ2) is 5.10. The van der Waals surface area contributed by atoms with E-state index in [-0.39, 0.29) is 0 Å². The van der Waals surface area contributed by atoms with Gasteiger partial charge in [0, 0.05) is 36.5 Å². The molecule has 0 saturated heterocycles. The summed E-state index contributed by atoms with van der Waals surface area (Å²) in [4.78, 5) is 4.45. The lowest BCUT2D eigenvalue weighted by Crippen LogP contribution is -2.00. The van der Waals surface area contributed by atoms with Crippen molar-refractivity contribution in [2.75, 3.05) is 12.4 Å². The third-order valence-corrected chi connectivity index (χ3v) is 4.69. The molecule has 0 aliphatic carbocycles. The molecule has 1 N–H and O–H groups in total. The normalized spacial score (nSPS) is 10.8. The minimum atomic E-state index is 0.906. The topological polar surface area (TPSA) is 42.7 Å². The molecule has 92 valence electrons. The van der Waals surface area contributed by atoms with Crippen LogP contribution in [0.15, 0.2) is 9.72 Å². The SMILES string of the molecule is CNc1c(CSc2nc(C)cs2)c(C)nn1C. The van der Waals surface area contributed by atoms with Crippen LogP contribution in [0.2, 0.25) is 0 Å². The number of anilines is 1. The molecule has 0 amide bonds. The van der Waals surface area contributed by atoms with Gasteiger partial charge in [-0.25, -0.2) is 4.98 Å². The zero-order valence-electron chi connectivity index (χ0n) is 10.4. The first-order chi connectivity index (χ1) is 8.11. The highest BCUT2D eigenvalue weighted by molar-refractivity contribution is 8.00. The molecule has 0 fully saturated rings. The van der Waals surface area contributed by atoms with E-state index in [4.69, 9.17) is 0 Å². The smallest absolute Gasteiger partial charge is 0.150 e. The Hall–Kier alpha value is -1.01. The van der Waals surface area contributed by atoms with Gasteiger partial charge in [-0.05, 0) is 13.8 Å². The van der Waals surface area contributed by atoms with Gasteiger partial charge in [0.1, 0.15) is 10.2 Å². The van der Waals surface area contributed by atoms with Gasteiger partial charge in [0.25, 0.3) is 0 Å². The third kappa shape index (κ3) is 2.63. The molecule has 2 heterocycles. The van der Waals surface area contributed by atoms with E-state index in [9.17, 15) is 0 Å². The van der Waals surface area contributed by atoms with Crippen LogP contribution in [0.5, 0.6) is 0 Å². The van der Waals surface area contributed by atoms with Crippen LogP contribution in [-0.2, 0) is 12.8 Å². The van der Waals surface area contributed by atoms with Crippen LogP contribution in [0.1, 0.15) is 17.0 Å². The molecule has 0 aliphatic rings. The van der Waals surface area contributed by atoms with Crippen molar-refractivity contribution in [1.82, 2.24) is 14.8 Å². The monoisotopic (exact) mass is 268 g/mol. The van der Waals surface area contributed by atoms with Gasteiger partial charge in [0.15, 0.2) is 0 Å². The van der Waals surface area contributed by atoms with Crippen molar-refractivity contribution >= 4 is 28.9 Å². The number of aryl methyl sites for hydroxylation is 3. The summed E-state index contributed by atoms with van der Waals surface area (Å²) in [6.45, 7) is 4.07. The van der Waals surface area contributed by atoms with E-state index in [2.05, 4.69) is 20.8 Å². The Balaban J connectivity index is 2.13. The molecule has 6 heteroatoms. The summed E-state index contributed by atoms with van der Waals surface area (Å²) in [6.07, 6.45) is 0. The molecule has 2 rings (SSSR count). The first-order valence-corrected chi connectivity index (χ1v) is 7.23. The number of thiazole rings is 1. The minimum absolute atomic E-state index is 0.906. The highest BCUT2D eigenvalue weighted by atomic mass is 32.2. The summed E-state index contributed by atoms with van der Waals surface area (Å²) in [6, 6.07) is 0. The zero-order chi connectivity index (χ0) is 12.4. The van der Waals surface area contributed by atoms with E-state index in [1.807, 2.05) is 32.6 Å². The van der Waals surface area contributed by atoms with Crippen LogP contribution in [0.4, 0.5) is 5.82 Å². The van der Waals surface area contributed by atoms with Gasteiger partial charge < -0.3 is 5.32 Å². The van der Waals surface area contributed by atoms with E-state index in [1.54, 1.807) is 23.1 Å². The second-order valence-electron chi connectivity index (χ2n) is 3.83. The Morgan fingerprint density at radius 3 is 2.82 bits per heavy atom. The quantitative estimate of drug-likeness (QED) is 0.866. The third-order valence-electron chi connectivity index (χ3n) is 2.52. The maximum Gasteiger partial charge on any atom is 0.150 e. The maximum absolute atomic E-state index is 4.45. The van der Waals surface area contributed by atoms with Crippen molar-refractivity contribution in [2.45, 2.75) is 23.9 Å². The summed E-state index contributed by atoms with van der Waals surface area (Å²) >= 11 is 3.46. The molecule has 2 aromatic rings. The van der Waals surface area contributed by atoms with Gasteiger partial charge >= 0.3 is 0 Å². The summed E-state index contributed by atoms with van der Waals surface area (Å²) in [5.74, 6) is 1.99. The molecular formula is C11H16N4S2. The summed E-state index contributed by atoms with van der Waals surface area (Å²) in [5.41, 5.74) is 3.43. The largest absolute Gasteiger partial charge is 0.373 e. The molecule has 0 atom stereocenters. The van der Waals surface area contributed by atoms with Crippen LogP contribution in [0, 0.1) is 13.8 Å². The first-order valence-electron chi connectivity index (χ1n) is 5.37. The van der Waals surface area contributed by atoms with Crippen molar-refractivity contribution in [2.24, 2.45) is 7.05 Å². The molecule has 0 bridgehead atoms. The van der Waals surface area contributed by atoms with Crippen molar-refractivity contribution in [3.05, 3.63) is 22.3 Å². The Morgan fingerprint density at radius 2 is 2.24 bits per heavy atom. The Labute approximate surface area is 109 Å². The summed E-state index contributed by atoms with van der Waals surface area (Å²) in [7, 11) is 3.89. The fourth-order valence-corrected chi connectivity index (χ4v) is 3.66. The molecule has 0 spiro atoms. The average Bonchev–Trinajstić information content (AvgIpc) is 2.80. The number of rotatable bonds is 4. The van der Waals surface area contributed by atoms with Crippen molar-refractivity contribution < 1.29 is 0 Å². The van der Waals surface area contributed by atoms with Gasteiger partial charge in [-0.3, -0.25) is 4.68 Å². The predicted molar refractivity (Wildman–Crippen MR) is 73.9 cm³/mol. The van der Waals surface area contributed by atoms with Gasteiger partial charge in [-0.1, -0.05) is 11.8 Å². The maximum atomic E-state index is 4.45. The number of thioether (sulfide) groups is 1. The number of hydrogen-bond acceptors (Lipinski definition) is 5. The van der Waals surface area contributed by atoms with Crippen LogP contribution in [0.25, 0.3) is 0 Å². The fourth-order valence-electron chi connectivity index (χ4n) is 1.72. The Morgan fingerprint density at radius 1 is 1.47 bits per heavy atom. The van der Waals surface area contributed by atoms with E-state index >= 15 is 0 Å². The highest BCUT2D eigenvalue weighted by Crippen LogP contribution is 2.30. The van der Waals surface area contributed by atoms with Crippen molar-refractivity contribution in [3.63, 3.8) is 0 Å². The lowest BCUT2D eigenvalue weighted by molar-refractivity contribution is 0.763. The molecule has 2 aromatic heterocycles. The molecule has 17 heavy (non-hydrogen) atoms. The van der Waals surface area contributed by atoms with Crippen molar-refractivity contribution in [3.8, 4) is 0 Å². The molecule has 0 unspecified atom stereocenters. The average molecular weight is 268 g/mol. The lowest BCUT2D eigenvalue weighted by atomic mass is 10.3. The highest BCUT2D eigenvalue weighted by Gasteiger charge is 2.12. The number of nitrogens with one attached hydrogen (secondary N) is 1.